The summed E-state index contributed by atoms with van der Waals surface area (Å²) in [4.78, 5) is 12.5. The molecule has 100 valence electrons. The van der Waals surface area contributed by atoms with Crippen molar-refractivity contribution in [1.82, 2.24) is 10.2 Å². The number of rotatable bonds is 8. The maximum absolute atomic E-state index is 10.1. The van der Waals surface area contributed by atoms with E-state index in [-0.39, 0.29) is 0 Å². The second-order valence-electron chi connectivity index (χ2n) is 5.33. The van der Waals surface area contributed by atoms with Gasteiger partial charge in [-0.15, -0.1) is 0 Å². The molecule has 0 saturated carbocycles. The number of hydrogen-bond donors (Lipinski definition) is 1. The largest absolute Gasteiger partial charge is 0.467 e. The van der Waals surface area contributed by atoms with Gasteiger partial charge in [0.05, 0.1) is 0 Å². The molecule has 1 heterocycles. The van der Waals surface area contributed by atoms with E-state index in [0.717, 1.165) is 25.6 Å². The Bertz CT molecular complexity index is 221. The Morgan fingerprint density at radius 2 is 2.24 bits per heavy atom. The summed E-state index contributed by atoms with van der Waals surface area (Å²) in [5, 5.41) is 3.55. The van der Waals surface area contributed by atoms with Gasteiger partial charge in [-0.2, -0.15) is 0 Å². The molecule has 0 radical (unpaired) electrons. The number of nitrogens with one attached hydrogen (secondary N) is 1. The third-order valence-electron chi connectivity index (χ3n) is 3.50. The molecule has 0 aliphatic carbocycles. The first-order valence-electron chi connectivity index (χ1n) is 6.66. The molecule has 0 bridgehead atoms. The van der Waals surface area contributed by atoms with Gasteiger partial charge in [-0.1, -0.05) is 6.92 Å². The second-order valence-corrected chi connectivity index (χ2v) is 5.33. The van der Waals surface area contributed by atoms with Crippen LogP contribution in [0.15, 0.2) is 0 Å². The van der Waals surface area contributed by atoms with Crippen molar-refractivity contribution >= 4 is 6.47 Å². The average molecular weight is 242 g/mol. The van der Waals surface area contributed by atoms with Crippen LogP contribution in [0.2, 0.25) is 0 Å². The van der Waals surface area contributed by atoms with Crippen LogP contribution in [0.1, 0.15) is 33.6 Å². The van der Waals surface area contributed by atoms with E-state index in [1.54, 1.807) is 0 Å². The van der Waals surface area contributed by atoms with Gasteiger partial charge >= 0.3 is 0 Å². The van der Waals surface area contributed by atoms with Crippen LogP contribution >= 0.6 is 0 Å². The minimum atomic E-state index is 0.496. The monoisotopic (exact) mass is 242 g/mol. The topological polar surface area (TPSA) is 41.6 Å². The van der Waals surface area contributed by atoms with Gasteiger partial charge in [0.2, 0.25) is 0 Å². The highest BCUT2D eigenvalue weighted by Gasteiger charge is 2.21. The molecule has 1 rings (SSSR count). The minimum absolute atomic E-state index is 0.496. The van der Waals surface area contributed by atoms with E-state index in [4.69, 9.17) is 4.74 Å². The normalized spacial score (nSPS) is 24.5. The zero-order chi connectivity index (χ0) is 12.7. The Morgan fingerprint density at radius 1 is 1.47 bits per heavy atom. The highest BCUT2D eigenvalue weighted by Crippen LogP contribution is 2.16. The molecule has 4 heteroatoms. The fraction of sp³-hybridized carbons (Fsp3) is 0.923. The van der Waals surface area contributed by atoms with E-state index < -0.39 is 0 Å². The van der Waals surface area contributed by atoms with Crippen molar-refractivity contribution in [2.75, 3.05) is 26.2 Å². The van der Waals surface area contributed by atoms with Crippen LogP contribution in [0.4, 0.5) is 0 Å². The smallest absolute Gasteiger partial charge is 0.293 e. The van der Waals surface area contributed by atoms with Crippen LogP contribution in [-0.4, -0.2) is 49.7 Å². The molecular weight excluding hydrogens is 216 g/mol. The molecule has 4 nitrogen and oxygen atoms in total. The highest BCUT2D eigenvalue weighted by atomic mass is 16.5. The predicted molar refractivity (Wildman–Crippen MR) is 68.9 cm³/mol. The molecule has 1 saturated heterocycles. The summed E-state index contributed by atoms with van der Waals surface area (Å²) in [6.45, 7) is 10.8. The van der Waals surface area contributed by atoms with E-state index in [1.807, 2.05) is 0 Å². The molecule has 0 aromatic heterocycles. The van der Waals surface area contributed by atoms with Crippen molar-refractivity contribution in [3.63, 3.8) is 0 Å². The van der Waals surface area contributed by atoms with Gasteiger partial charge in [0, 0.05) is 25.2 Å². The summed E-state index contributed by atoms with van der Waals surface area (Å²) in [6, 6.07) is 1.17. The second kappa shape index (κ2) is 7.67. The lowest BCUT2D eigenvalue weighted by Crippen LogP contribution is -2.37. The highest BCUT2D eigenvalue weighted by molar-refractivity contribution is 5.36. The summed E-state index contributed by atoms with van der Waals surface area (Å²) in [5.41, 5.74) is 0. The molecule has 1 N–H and O–H groups in total. The van der Waals surface area contributed by atoms with Gasteiger partial charge in [0.1, 0.15) is 6.61 Å². The van der Waals surface area contributed by atoms with E-state index in [0.29, 0.717) is 25.2 Å². The third-order valence-corrected chi connectivity index (χ3v) is 3.50. The first kappa shape index (κ1) is 14.5. The number of hydrogen-bond acceptors (Lipinski definition) is 4. The van der Waals surface area contributed by atoms with Crippen molar-refractivity contribution in [3.05, 3.63) is 0 Å². The maximum Gasteiger partial charge on any atom is 0.293 e. The summed E-state index contributed by atoms with van der Waals surface area (Å²) in [7, 11) is 0. The SMILES string of the molecule is CC1CNC(CCN(CCOC=O)C(C)C)C1. The molecular formula is C13H26N2O2. The summed E-state index contributed by atoms with van der Waals surface area (Å²) in [5.74, 6) is 0.811. The predicted octanol–water partition coefficient (Wildman–Crippen LogP) is 1.26. The number of carbonyl (C=O) groups excluding carboxylic acids is 1. The number of carbonyl (C=O) groups is 1. The standard InChI is InChI=1S/C13H26N2O2/c1-11(2)15(6-7-17-10-16)5-4-13-8-12(3)9-14-13/h10-14H,4-9H2,1-3H3. The maximum atomic E-state index is 10.1. The molecule has 0 aromatic rings. The summed E-state index contributed by atoms with van der Waals surface area (Å²) >= 11 is 0. The molecule has 0 aromatic carbocycles. The Morgan fingerprint density at radius 3 is 2.76 bits per heavy atom. The molecule has 0 amide bonds. The Balaban J connectivity index is 2.21. The van der Waals surface area contributed by atoms with Gasteiger partial charge in [0.25, 0.3) is 6.47 Å². The van der Waals surface area contributed by atoms with E-state index in [9.17, 15) is 4.79 Å². The number of nitrogens with zero attached hydrogens (tertiary/aromatic N) is 1. The van der Waals surface area contributed by atoms with Crippen LogP contribution in [-0.2, 0) is 9.53 Å². The fourth-order valence-electron chi connectivity index (χ4n) is 2.41. The van der Waals surface area contributed by atoms with Gasteiger partial charge in [-0.25, -0.2) is 0 Å². The first-order valence-corrected chi connectivity index (χ1v) is 6.66. The van der Waals surface area contributed by atoms with Gasteiger partial charge < -0.3 is 10.1 Å². The van der Waals surface area contributed by atoms with Gasteiger partial charge in [-0.05, 0) is 39.2 Å². The summed E-state index contributed by atoms with van der Waals surface area (Å²) < 4.78 is 4.77. The average Bonchev–Trinajstić information content (AvgIpc) is 2.69. The Kier molecular flexibility index (Phi) is 6.52. The van der Waals surface area contributed by atoms with Crippen molar-refractivity contribution < 1.29 is 9.53 Å². The van der Waals surface area contributed by atoms with Crippen molar-refractivity contribution in [2.24, 2.45) is 5.92 Å². The van der Waals surface area contributed by atoms with E-state index >= 15 is 0 Å². The van der Waals surface area contributed by atoms with Gasteiger partial charge in [0.15, 0.2) is 0 Å². The van der Waals surface area contributed by atoms with Crippen LogP contribution in [0.3, 0.4) is 0 Å². The molecule has 17 heavy (non-hydrogen) atoms. The zero-order valence-corrected chi connectivity index (χ0v) is 11.3. The first-order chi connectivity index (χ1) is 8.13. The third kappa shape index (κ3) is 5.50. The van der Waals surface area contributed by atoms with Crippen LogP contribution < -0.4 is 5.32 Å². The molecule has 2 atom stereocenters. The molecule has 1 aliphatic rings. The fourth-order valence-corrected chi connectivity index (χ4v) is 2.41. The molecule has 1 fully saturated rings. The Labute approximate surface area is 105 Å². The van der Waals surface area contributed by atoms with Crippen LogP contribution in [0.5, 0.6) is 0 Å². The van der Waals surface area contributed by atoms with Crippen molar-refractivity contribution in [1.29, 1.82) is 0 Å². The summed E-state index contributed by atoms with van der Waals surface area (Å²) in [6.07, 6.45) is 2.47. The van der Waals surface area contributed by atoms with E-state index in [2.05, 4.69) is 31.0 Å². The minimum Gasteiger partial charge on any atom is -0.467 e. The quantitative estimate of drug-likeness (QED) is 0.514. The molecule has 0 spiro atoms. The Hall–Kier alpha value is -0.610. The molecule has 1 aliphatic heterocycles. The lowest BCUT2D eigenvalue weighted by atomic mass is 10.1. The lowest BCUT2D eigenvalue weighted by Gasteiger charge is -2.27. The molecule has 2 unspecified atom stereocenters. The zero-order valence-electron chi connectivity index (χ0n) is 11.3. The van der Waals surface area contributed by atoms with Crippen LogP contribution in [0, 0.1) is 5.92 Å². The lowest BCUT2D eigenvalue weighted by molar-refractivity contribution is -0.129. The van der Waals surface area contributed by atoms with Gasteiger partial charge in [-0.3, -0.25) is 9.69 Å². The van der Waals surface area contributed by atoms with Crippen LogP contribution in [0.25, 0.3) is 0 Å². The van der Waals surface area contributed by atoms with E-state index in [1.165, 1.54) is 12.8 Å². The van der Waals surface area contributed by atoms with Crippen molar-refractivity contribution in [2.45, 2.75) is 45.7 Å². The van der Waals surface area contributed by atoms with Crippen molar-refractivity contribution in [3.8, 4) is 0 Å². The number of ether oxygens (including phenoxy) is 1.